The minimum absolute atomic E-state index is 0.0256. The highest BCUT2D eigenvalue weighted by Crippen LogP contribution is 2.30. The molecule has 0 saturated carbocycles. The predicted molar refractivity (Wildman–Crippen MR) is 137 cm³/mol. The first-order valence-corrected chi connectivity index (χ1v) is 11.9. The smallest absolute Gasteiger partial charge is 0.288 e. The highest BCUT2D eigenvalue weighted by molar-refractivity contribution is 6.33. The molecule has 0 aliphatic carbocycles. The summed E-state index contributed by atoms with van der Waals surface area (Å²) in [5.41, 5.74) is 0.686. The molecule has 4 rings (SSSR count). The Balaban J connectivity index is 1.68. The summed E-state index contributed by atoms with van der Waals surface area (Å²) in [7, 11) is 0. The second-order valence-corrected chi connectivity index (χ2v) is 9.35. The number of rotatable bonds is 7. The Morgan fingerprint density at radius 1 is 1.00 bits per heavy atom. The van der Waals surface area contributed by atoms with Crippen LogP contribution in [0.1, 0.15) is 22.3 Å². The van der Waals surface area contributed by atoms with Gasteiger partial charge in [0.2, 0.25) is 5.91 Å². The van der Waals surface area contributed by atoms with E-state index in [-0.39, 0.29) is 23.6 Å². The summed E-state index contributed by atoms with van der Waals surface area (Å²) in [4.78, 5) is 52.8. The van der Waals surface area contributed by atoms with Gasteiger partial charge in [-0.1, -0.05) is 46.9 Å². The zero-order valence-corrected chi connectivity index (χ0v) is 20.8. The number of hydrogen-bond donors (Lipinski definition) is 0. The predicted octanol–water partition coefficient (Wildman–Crippen LogP) is 5.57. The van der Waals surface area contributed by atoms with E-state index in [1.807, 2.05) is 6.07 Å². The second-order valence-electron chi connectivity index (χ2n) is 8.07. The molecule has 3 aromatic rings. The van der Waals surface area contributed by atoms with Crippen LogP contribution in [0.2, 0.25) is 15.1 Å². The number of benzene rings is 3. The molecule has 1 unspecified atom stereocenters. The van der Waals surface area contributed by atoms with Gasteiger partial charge in [0.15, 0.2) is 0 Å². The molecule has 8 nitrogen and oxygen atoms in total. The third-order valence-corrected chi connectivity index (χ3v) is 6.57. The topological polar surface area (TPSA) is 101 Å². The highest BCUT2D eigenvalue weighted by atomic mass is 35.5. The Kier molecular flexibility index (Phi) is 7.59. The molecule has 0 bridgehead atoms. The van der Waals surface area contributed by atoms with Crippen LogP contribution < -0.4 is 4.90 Å². The maximum Gasteiger partial charge on any atom is 0.288 e. The summed E-state index contributed by atoms with van der Waals surface area (Å²) in [6.45, 7) is 0.0632. The molecule has 0 aromatic heterocycles. The maximum atomic E-state index is 13.6. The Bertz CT molecular complexity index is 1360. The lowest BCUT2D eigenvalue weighted by Crippen LogP contribution is -2.46. The van der Waals surface area contributed by atoms with Crippen LogP contribution in [0.5, 0.6) is 0 Å². The number of hydrogen-bond acceptors (Lipinski definition) is 5. The molecule has 1 fully saturated rings. The molecule has 36 heavy (non-hydrogen) atoms. The maximum absolute atomic E-state index is 13.6. The number of carbonyl (C=O) groups is 3. The summed E-state index contributed by atoms with van der Waals surface area (Å²) in [6, 6.07) is 15.8. The molecule has 0 spiro atoms. The van der Waals surface area contributed by atoms with E-state index in [0.717, 1.165) is 16.5 Å². The first-order chi connectivity index (χ1) is 17.2. The van der Waals surface area contributed by atoms with Gasteiger partial charge in [0.1, 0.15) is 11.1 Å². The largest absolute Gasteiger partial charge is 0.326 e. The highest BCUT2D eigenvalue weighted by Gasteiger charge is 2.44. The van der Waals surface area contributed by atoms with Crippen LogP contribution in [-0.2, 0) is 16.0 Å². The van der Waals surface area contributed by atoms with E-state index in [0.29, 0.717) is 22.2 Å². The average molecular weight is 547 g/mol. The van der Waals surface area contributed by atoms with Crippen molar-refractivity contribution in [2.75, 3.05) is 11.4 Å². The Morgan fingerprint density at radius 2 is 1.72 bits per heavy atom. The van der Waals surface area contributed by atoms with Crippen LogP contribution in [-0.4, -0.2) is 40.1 Å². The fourth-order valence-corrected chi connectivity index (χ4v) is 4.54. The molecule has 0 N–H and O–H groups in total. The molecule has 0 radical (unpaired) electrons. The van der Waals surface area contributed by atoms with Gasteiger partial charge in [0.25, 0.3) is 17.5 Å². The van der Waals surface area contributed by atoms with Gasteiger partial charge in [-0.2, -0.15) is 0 Å². The minimum Gasteiger partial charge on any atom is -0.326 e. The van der Waals surface area contributed by atoms with Crippen LogP contribution in [0.15, 0.2) is 66.7 Å². The average Bonchev–Trinajstić information content (AvgIpc) is 3.13. The number of carbonyl (C=O) groups excluding carboxylic acids is 3. The summed E-state index contributed by atoms with van der Waals surface area (Å²) < 4.78 is 0. The van der Waals surface area contributed by atoms with E-state index in [1.165, 1.54) is 17.0 Å². The number of nitro benzene ring substituents is 1. The quantitative estimate of drug-likeness (QED) is 0.219. The van der Waals surface area contributed by atoms with Crippen LogP contribution in [0.3, 0.4) is 0 Å². The van der Waals surface area contributed by atoms with Crippen LogP contribution >= 0.6 is 34.8 Å². The van der Waals surface area contributed by atoms with Gasteiger partial charge in [-0.25, -0.2) is 4.90 Å². The number of halogens is 3. The number of imide groups is 1. The van der Waals surface area contributed by atoms with Gasteiger partial charge in [-0.05, 0) is 60.5 Å². The zero-order chi connectivity index (χ0) is 26.0. The molecular weight excluding hydrogens is 529 g/mol. The Morgan fingerprint density at radius 3 is 2.39 bits per heavy atom. The molecule has 11 heteroatoms. The molecule has 3 amide bonds. The number of nitro groups is 1. The van der Waals surface area contributed by atoms with Crippen molar-refractivity contribution in [1.29, 1.82) is 0 Å². The number of nitrogens with zero attached hydrogens (tertiary/aromatic N) is 3. The van der Waals surface area contributed by atoms with Crippen molar-refractivity contribution in [3.05, 3.63) is 103 Å². The normalized spacial score (nSPS) is 15.3. The van der Waals surface area contributed by atoms with E-state index < -0.39 is 34.4 Å². The minimum atomic E-state index is -1.10. The van der Waals surface area contributed by atoms with Gasteiger partial charge in [0.05, 0.1) is 17.0 Å². The van der Waals surface area contributed by atoms with Gasteiger partial charge >= 0.3 is 0 Å². The summed E-state index contributed by atoms with van der Waals surface area (Å²) in [5.74, 6) is -1.69. The molecular formula is C25H18Cl3N3O5. The van der Waals surface area contributed by atoms with E-state index in [4.69, 9.17) is 34.8 Å². The molecule has 1 atom stereocenters. The molecule has 184 valence electrons. The summed E-state index contributed by atoms with van der Waals surface area (Å²) in [5, 5.41) is 12.2. The van der Waals surface area contributed by atoms with Crippen molar-refractivity contribution in [2.24, 2.45) is 0 Å². The van der Waals surface area contributed by atoms with Gasteiger partial charge in [-0.15, -0.1) is 0 Å². The van der Waals surface area contributed by atoms with Crippen molar-refractivity contribution >= 4 is 63.9 Å². The van der Waals surface area contributed by atoms with Gasteiger partial charge < -0.3 is 4.90 Å². The first kappa shape index (κ1) is 25.6. The third-order valence-electron chi connectivity index (χ3n) is 5.76. The molecule has 1 aliphatic rings. The SMILES string of the molecule is O=C1CC(N(CCc2cccc(Cl)c2)C(=O)c2ccc(Cl)c([N+](=O)[O-])c2)C(=O)N1c1ccc(Cl)cc1. The molecule has 1 saturated heterocycles. The fourth-order valence-electron chi connectivity index (χ4n) is 4.01. The second kappa shape index (κ2) is 10.7. The first-order valence-electron chi connectivity index (χ1n) is 10.8. The van der Waals surface area contributed by atoms with Crippen molar-refractivity contribution in [1.82, 2.24) is 4.90 Å². The zero-order valence-electron chi connectivity index (χ0n) is 18.6. The van der Waals surface area contributed by atoms with E-state index in [1.54, 1.807) is 42.5 Å². The Hall–Kier alpha value is -3.46. The lowest BCUT2D eigenvalue weighted by Gasteiger charge is -2.28. The van der Waals surface area contributed by atoms with Gasteiger partial charge in [-0.3, -0.25) is 24.5 Å². The number of anilines is 1. The lowest BCUT2D eigenvalue weighted by atomic mass is 10.1. The lowest BCUT2D eigenvalue weighted by molar-refractivity contribution is -0.384. The third kappa shape index (κ3) is 5.36. The van der Waals surface area contributed by atoms with Crippen molar-refractivity contribution < 1.29 is 19.3 Å². The van der Waals surface area contributed by atoms with Gasteiger partial charge in [0, 0.05) is 28.2 Å². The Labute approximate surface area is 221 Å². The van der Waals surface area contributed by atoms with Crippen LogP contribution in [0.4, 0.5) is 11.4 Å². The monoisotopic (exact) mass is 545 g/mol. The van der Waals surface area contributed by atoms with Crippen LogP contribution in [0, 0.1) is 10.1 Å². The van der Waals surface area contributed by atoms with E-state index in [2.05, 4.69) is 0 Å². The molecule has 1 aliphatic heterocycles. The van der Waals surface area contributed by atoms with E-state index in [9.17, 15) is 24.5 Å². The summed E-state index contributed by atoms with van der Waals surface area (Å²) >= 11 is 17.9. The molecule has 3 aromatic carbocycles. The standard InChI is InChI=1S/C25H18Cl3N3O5/c26-17-5-7-19(8-6-17)30-23(32)14-22(25(30)34)29(11-10-15-2-1-3-18(27)12-15)24(33)16-4-9-20(28)21(13-16)31(35)36/h1-9,12-13,22H,10-11,14H2. The van der Waals surface area contributed by atoms with Crippen molar-refractivity contribution in [3.63, 3.8) is 0 Å². The fraction of sp³-hybridized carbons (Fsp3) is 0.160. The summed E-state index contributed by atoms with van der Waals surface area (Å²) in [6.07, 6.45) is 0.0966. The number of amides is 3. The van der Waals surface area contributed by atoms with Crippen molar-refractivity contribution in [3.8, 4) is 0 Å². The van der Waals surface area contributed by atoms with Crippen LogP contribution in [0.25, 0.3) is 0 Å². The molecule has 1 heterocycles. The van der Waals surface area contributed by atoms with E-state index >= 15 is 0 Å². The van der Waals surface area contributed by atoms with Crippen molar-refractivity contribution in [2.45, 2.75) is 18.9 Å².